The Morgan fingerprint density at radius 1 is 1.06 bits per heavy atom. The van der Waals surface area contributed by atoms with Crippen molar-refractivity contribution in [2.75, 3.05) is 19.5 Å². The first kappa shape index (κ1) is 23.3. The van der Waals surface area contributed by atoms with E-state index in [2.05, 4.69) is 20.3 Å². The van der Waals surface area contributed by atoms with Crippen LogP contribution in [0.15, 0.2) is 70.4 Å². The van der Waals surface area contributed by atoms with Gasteiger partial charge in [0.25, 0.3) is 0 Å². The average molecular weight is 477 g/mol. The van der Waals surface area contributed by atoms with Gasteiger partial charge in [0, 0.05) is 46.4 Å². The summed E-state index contributed by atoms with van der Waals surface area (Å²) < 4.78 is 10.1. The molecule has 0 bridgehead atoms. The van der Waals surface area contributed by atoms with Crippen molar-refractivity contribution in [2.24, 2.45) is 10.9 Å². The van der Waals surface area contributed by atoms with Gasteiger partial charge in [-0.25, -0.2) is 9.78 Å². The lowest BCUT2D eigenvalue weighted by molar-refractivity contribution is -0.143. The Morgan fingerprint density at radius 3 is 2.53 bits per heavy atom. The molecule has 4 rings (SSSR count). The summed E-state index contributed by atoms with van der Waals surface area (Å²) in [5, 5.41) is 6.01. The van der Waals surface area contributed by atoms with E-state index in [-0.39, 0.29) is 0 Å². The molecule has 0 spiro atoms. The fraction of sp³-hybridized carbons (Fsp3) is 0.240. The molecule has 2 unspecified atom stereocenters. The topological polar surface area (TPSA) is 103 Å². The number of allylic oxidation sites excluding steroid dienone is 1. The number of thiazole rings is 1. The summed E-state index contributed by atoms with van der Waals surface area (Å²) in [4.78, 5) is 38.6. The normalized spacial score (nSPS) is 17.7. The zero-order chi connectivity index (χ0) is 24.2. The first-order valence-electron chi connectivity index (χ1n) is 10.6. The van der Waals surface area contributed by atoms with Crippen LogP contribution in [0.3, 0.4) is 0 Å². The number of pyridine rings is 1. The Bertz CT molecular complexity index is 1280. The number of benzene rings is 1. The van der Waals surface area contributed by atoms with Crippen molar-refractivity contribution >= 4 is 39.8 Å². The second-order valence-electron chi connectivity index (χ2n) is 7.75. The molecule has 2 atom stereocenters. The van der Waals surface area contributed by atoms with E-state index in [9.17, 15) is 9.59 Å². The summed E-state index contributed by atoms with van der Waals surface area (Å²) in [6.45, 7) is 3.51. The number of methoxy groups -OCH3 is 2. The van der Waals surface area contributed by atoms with Crippen molar-refractivity contribution in [3.8, 4) is 11.3 Å². The lowest BCUT2D eigenvalue weighted by atomic mass is 9.75. The molecule has 0 saturated heterocycles. The predicted octanol–water partition coefficient (Wildman–Crippen LogP) is 4.74. The lowest BCUT2D eigenvalue weighted by Crippen LogP contribution is -2.36. The van der Waals surface area contributed by atoms with Crippen LogP contribution in [0.5, 0.6) is 0 Å². The van der Waals surface area contributed by atoms with Crippen LogP contribution in [0.2, 0.25) is 0 Å². The van der Waals surface area contributed by atoms with Gasteiger partial charge in [-0.1, -0.05) is 12.1 Å². The molecule has 0 saturated carbocycles. The molecule has 1 aliphatic heterocycles. The van der Waals surface area contributed by atoms with Crippen LogP contribution in [0, 0.1) is 5.92 Å². The minimum atomic E-state index is -0.740. The van der Waals surface area contributed by atoms with Crippen LogP contribution in [0.1, 0.15) is 25.3 Å². The maximum absolute atomic E-state index is 12.7. The molecule has 3 aromatic rings. The second kappa shape index (κ2) is 9.96. The van der Waals surface area contributed by atoms with Gasteiger partial charge in [-0.2, -0.15) is 0 Å². The van der Waals surface area contributed by atoms with Gasteiger partial charge in [-0.3, -0.25) is 14.8 Å². The Kier molecular flexibility index (Phi) is 6.83. The van der Waals surface area contributed by atoms with Gasteiger partial charge in [-0.05, 0) is 43.7 Å². The van der Waals surface area contributed by atoms with Crippen LogP contribution in [-0.2, 0) is 19.1 Å². The maximum atomic E-state index is 12.7. The minimum Gasteiger partial charge on any atom is -0.468 e. The first-order valence-corrected chi connectivity index (χ1v) is 11.5. The molecule has 9 heteroatoms. The van der Waals surface area contributed by atoms with E-state index in [4.69, 9.17) is 9.47 Å². The van der Waals surface area contributed by atoms with Gasteiger partial charge in [0.2, 0.25) is 0 Å². The van der Waals surface area contributed by atoms with Crippen LogP contribution < -0.4 is 5.32 Å². The number of aliphatic imine (C=N–C) groups is 1. The monoisotopic (exact) mass is 476 g/mol. The Balaban J connectivity index is 1.69. The third kappa shape index (κ3) is 4.60. The van der Waals surface area contributed by atoms with Gasteiger partial charge in [0.1, 0.15) is 5.92 Å². The molecule has 1 aliphatic rings. The SMILES string of the molecule is COC(=O)C1=C(C)N=C(C)C(C(=O)OC)C1c1cccc(Nc2nc(-c3ccncc3)cs2)c1. The number of rotatable bonds is 6. The van der Waals surface area contributed by atoms with Crippen LogP contribution in [0.25, 0.3) is 11.3 Å². The van der Waals surface area contributed by atoms with Crippen LogP contribution in [-0.4, -0.2) is 41.8 Å². The smallest absolute Gasteiger partial charge is 0.336 e. The first-order chi connectivity index (χ1) is 16.4. The Hall–Kier alpha value is -3.85. The number of carbonyl (C=O) groups excluding carboxylic acids is 2. The van der Waals surface area contributed by atoms with E-state index in [0.717, 1.165) is 27.6 Å². The summed E-state index contributed by atoms with van der Waals surface area (Å²) in [6.07, 6.45) is 3.46. The van der Waals surface area contributed by atoms with Crippen molar-refractivity contribution in [3.63, 3.8) is 0 Å². The summed E-state index contributed by atoms with van der Waals surface area (Å²) in [5.74, 6) is -2.31. The average Bonchev–Trinajstić information content (AvgIpc) is 3.32. The predicted molar refractivity (Wildman–Crippen MR) is 131 cm³/mol. The van der Waals surface area contributed by atoms with Crippen molar-refractivity contribution in [2.45, 2.75) is 19.8 Å². The van der Waals surface area contributed by atoms with E-state index in [0.29, 0.717) is 17.0 Å². The summed E-state index contributed by atoms with van der Waals surface area (Å²) in [6, 6.07) is 11.4. The molecule has 2 aromatic heterocycles. The van der Waals surface area contributed by atoms with E-state index in [1.54, 1.807) is 26.2 Å². The molecule has 0 aliphatic carbocycles. The largest absolute Gasteiger partial charge is 0.468 e. The molecule has 8 nitrogen and oxygen atoms in total. The molecule has 34 heavy (non-hydrogen) atoms. The van der Waals surface area contributed by atoms with Crippen molar-refractivity contribution < 1.29 is 19.1 Å². The molecule has 1 N–H and O–H groups in total. The van der Waals surface area contributed by atoms with Gasteiger partial charge in [-0.15, -0.1) is 11.3 Å². The van der Waals surface area contributed by atoms with E-state index in [1.807, 2.05) is 41.8 Å². The van der Waals surface area contributed by atoms with Crippen molar-refractivity contribution in [3.05, 3.63) is 71.0 Å². The van der Waals surface area contributed by atoms with E-state index in [1.165, 1.54) is 25.6 Å². The highest BCUT2D eigenvalue weighted by molar-refractivity contribution is 7.14. The van der Waals surface area contributed by atoms with Gasteiger partial charge in [0.05, 0.1) is 25.5 Å². The highest BCUT2D eigenvalue weighted by atomic mass is 32.1. The molecule has 0 fully saturated rings. The molecule has 174 valence electrons. The quantitative estimate of drug-likeness (QED) is 0.513. The number of aromatic nitrogens is 2. The Labute approximate surface area is 201 Å². The fourth-order valence-corrected chi connectivity index (χ4v) is 4.86. The lowest BCUT2D eigenvalue weighted by Gasteiger charge is -2.31. The van der Waals surface area contributed by atoms with Gasteiger partial charge in [0.15, 0.2) is 5.13 Å². The highest BCUT2D eigenvalue weighted by Crippen LogP contribution is 2.41. The number of hydrogen-bond acceptors (Lipinski definition) is 9. The van der Waals surface area contributed by atoms with Gasteiger partial charge >= 0.3 is 11.9 Å². The number of carbonyl (C=O) groups is 2. The fourth-order valence-electron chi connectivity index (χ4n) is 4.12. The number of nitrogens with one attached hydrogen (secondary N) is 1. The van der Waals surface area contributed by atoms with Crippen LogP contribution in [0.4, 0.5) is 10.8 Å². The zero-order valence-corrected chi connectivity index (χ0v) is 20.1. The Morgan fingerprint density at radius 2 is 1.82 bits per heavy atom. The highest BCUT2D eigenvalue weighted by Gasteiger charge is 2.42. The summed E-state index contributed by atoms with van der Waals surface area (Å²) in [5.41, 5.74) is 4.82. The van der Waals surface area contributed by atoms with Gasteiger partial charge < -0.3 is 14.8 Å². The third-order valence-corrected chi connectivity index (χ3v) is 6.42. The number of ether oxygens (including phenoxy) is 2. The number of anilines is 2. The molecular weight excluding hydrogens is 452 g/mol. The molecular formula is C25H24N4O4S. The summed E-state index contributed by atoms with van der Waals surface area (Å²) >= 11 is 1.48. The third-order valence-electron chi connectivity index (χ3n) is 5.67. The van der Waals surface area contributed by atoms with Crippen molar-refractivity contribution in [1.29, 1.82) is 0 Å². The molecule has 0 amide bonds. The number of esters is 2. The standard InChI is InChI=1S/C25H24N4O4S/c1-14-20(23(30)32-3)22(21(15(2)27-14)24(31)33-4)17-6-5-7-18(12-17)28-25-29-19(13-34-25)16-8-10-26-11-9-16/h5-13,20,22H,1-4H3,(H,28,29). The second-order valence-corrected chi connectivity index (χ2v) is 8.60. The van der Waals surface area contributed by atoms with E-state index >= 15 is 0 Å². The minimum absolute atomic E-state index is 0.342. The number of nitrogens with zero attached hydrogens (tertiary/aromatic N) is 3. The van der Waals surface area contributed by atoms with Crippen LogP contribution >= 0.6 is 11.3 Å². The molecule has 0 radical (unpaired) electrons. The number of hydrogen-bond donors (Lipinski definition) is 1. The maximum Gasteiger partial charge on any atom is 0.336 e. The molecule has 1 aromatic carbocycles. The molecule has 3 heterocycles. The van der Waals surface area contributed by atoms with E-state index < -0.39 is 23.8 Å². The summed E-state index contributed by atoms with van der Waals surface area (Å²) in [7, 11) is 2.65. The zero-order valence-electron chi connectivity index (χ0n) is 19.2. The van der Waals surface area contributed by atoms with Crippen molar-refractivity contribution in [1.82, 2.24) is 9.97 Å².